The summed E-state index contributed by atoms with van der Waals surface area (Å²) >= 11 is 0. The number of aromatic hydroxyl groups is 1. The largest absolute Gasteiger partial charge is 0.504 e. The van der Waals surface area contributed by atoms with Crippen LogP contribution in [0.25, 0.3) is 0 Å². The molecule has 1 N–H and O–H groups in total. The van der Waals surface area contributed by atoms with Gasteiger partial charge in [0.15, 0.2) is 5.75 Å². The van der Waals surface area contributed by atoms with Crippen LogP contribution in [0.1, 0.15) is 0 Å². The molecule has 2 aromatic rings. The van der Waals surface area contributed by atoms with Gasteiger partial charge in [0.25, 0.3) is 0 Å². The molecular weight excluding hydrogens is 244 g/mol. The fourth-order valence-corrected chi connectivity index (χ4v) is 1.40. The second-order valence-corrected chi connectivity index (χ2v) is 3.74. The maximum Gasteiger partial charge on any atom is 0.222 e. The third-order valence-corrected chi connectivity index (χ3v) is 2.41. The molecule has 0 aliphatic rings. The van der Waals surface area contributed by atoms with Gasteiger partial charge in [-0.3, -0.25) is 4.79 Å². The molecule has 0 spiro atoms. The Kier molecular flexibility index (Phi) is 3.87. The lowest BCUT2D eigenvalue weighted by Gasteiger charge is -1.97. The number of azo groups is 1. The quantitative estimate of drug-likeness (QED) is 0.857. The predicted octanol–water partition coefficient (Wildman–Crippen LogP) is 3.18. The van der Waals surface area contributed by atoms with Crippen molar-refractivity contribution in [2.45, 2.75) is 0 Å². The molecule has 0 saturated heterocycles. The molecule has 0 saturated carbocycles. The fraction of sp³-hybridized carbons (Fsp3) is 0.0714. The summed E-state index contributed by atoms with van der Waals surface area (Å²) in [6.07, 6.45) is 0. The van der Waals surface area contributed by atoms with E-state index in [1.165, 1.54) is 12.1 Å². The molecule has 2 aromatic carbocycles. The summed E-state index contributed by atoms with van der Waals surface area (Å²) in [5.41, 5.74) is 0.527. The highest BCUT2D eigenvalue weighted by molar-refractivity contribution is 5.43. The highest BCUT2D eigenvalue weighted by Crippen LogP contribution is 2.20. The van der Waals surface area contributed by atoms with Gasteiger partial charge in [0.1, 0.15) is 5.75 Å². The molecule has 5 nitrogen and oxygen atoms in total. The van der Waals surface area contributed by atoms with Gasteiger partial charge in [-0.25, -0.2) is 0 Å². The molecule has 0 radical (unpaired) electrons. The number of hydrogen-bond donors (Lipinski definition) is 1. The molecule has 0 unspecified atom stereocenters. The molecule has 0 aromatic heterocycles. The number of hydrogen-bond acceptors (Lipinski definition) is 5. The van der Waals surface area contributed by atoms with Crippen LogP contribution in [-0.2, 0) is 0 Å². The van der Waals surface area contributed by atoms with Crippen molar-refractivity contribution >= 4 is 11.4 Å². The van der Waals surface area contributed by atoms with Gasteiger partial charge in [-0.15, -0.1) is 0 Å². The normalized spacial score (nSPS) is 10.6. The number of methoxy groups -OCH3 is 1. The van der Waals surface area contributed by atoms with Crippen molar-refractivity contribution in [3.05, 3.63) is 58.8 Å². The summed E-state index contributed by atoms with van der Waals surface area (Å²) in [5.74, 6) is 0.419. The van der Waals surface area contributed by atoms with Crippen molar-refractivity contribution in [1.29, 1.82) is 0 Å². The molecule has 0 amide bonds. The van der Waals surface area contributed by atoms with Gasteiger partial charge in [-0.05, 0) is 36.4 Å². The lowest BCUT2D eigenvalue weighted by atomic mass is 10.3. The molecule has 19 heavy (non-hydrogen) atoms. The number of ether oxygens (including phenoxy) is 1. The van der Waals surface area contributed by atoms with Crippen molar-refractivity contribution in [2.75, 3.05) is 7.11 Å². The van der Waals surface area contributed by atoms with Crippen LogP contribution in [0, 0.1) is 0 Å². The maximum absolute atomic E-state index is 11.4. The molecule has 0 bridgehead atoms. The van der Waals surface area contributed by atoms with E-state index >= 15 is 0 Å². The Morgan fingerprint density at radius 3 is 2.37 bits per heavy atom. The average molecular weight is 256 g/mol. The molecule has 5 heteroatoms. The highest BCUT2D eigenvalue weighted by Gasteiger charge is 1.95. The zero-order chi connectivity index (χ0) is 13.7. The second kappa shape index (κ2) is 5.77. The third kappa shape index (κ3) is 3.38. The molecular formula is C14H12N2O3. The lowest BCUT2D eigenvalue weighted by Crippen LogP contribution is -1.91. The van der Waals surface area contributed by atoms with E-state index in [1.807, 2.05) is 0 Å². The third-order valence-electron chi connectivity index (χ3n) is 2.41. The van der Waals surface area contributed by atoms with Crippen LogP contribution in [0.15, 0.2) is 63.6 Å². The Balaban J connectivity index is 2.25. The van der Waals surface area contributed by atoms with E-state index in [0.717, 1.165) is 5.75 Å². The zero-order valence-electron chi connectivity index (χ0n) is 10.3. The molecule has 0 aliphatic carbocycles. The Hall–Kier alpha value is -2.69. The van der Waals surface area contributed by atoms with Crippen LogP contribution in [0.5, 0.6) is 11.5 Å². The average Bonchev–Trinajstić information content (AvgIpc) is 2.59. The van der Waals surface area contributed by atoms with Crippen LogP contribution in [0.4, 0.5) is 11.4 Å². The van der Waals surface area contributed by atoms with Crippen molar-refractivity contribution in [3.63, 3.8) is 0 Å². The van der Waals surface area contributed by atoms with Crippen LogP contribution in [0.2, 0.25) is 0 Å². The summed E-state index contributed by atoms with van der Waals surface area (Å²) < 4.78 is 5.03. The van der Waals surface area contributed by atoms with Crippen molar-refractivity contribution < 1.29 is 9.84 Å². The van der Waals surface area contributed by atoms with E-state index in [4.69, 9.17) is 4.74 Å². The zero-order valence-corrected chi connectivity index (χ0v) is 10.3. The first-order valence-corrected chi connectivity index (χ1v) is 5.58. The van der Waals surface area contributed by atoms with E-state index in [9.17, 15) is 9.90 Å². The minimum absolute atomic E-state index is 0.314. The Morgan fingerprint density at radius 2 is 1.68 bits per heavy atom. The smallest absolute Gasteiger partial charge is 0.222 e. The van der Waals surface area contributed by atoms with E-state index in [1.54, 1.807) is 43.5 Å². The first-order chi connectivity index (χ1) is 9.19. The molecule has 0 atom stereocenters. The van der Waals surface area contributed by atoms with E-state index in [2.05, 4.69) is 10.2 Å². The molecule has 0 fully saturated rings. The van der Waals surface area contributed by atoms with Crippen LogP contribution >= 0.6 is 0 Å². The summed E-state index contributed by atoms with van der Waals surface area (Å²) in [4.78, 5) is 11.4. The summed E-state index contributed by atoms with van der Waals surface area (Å²) in [7, 11) is 1.59. The molecule has 96 valence electrons. The molecule has 2 rings (SSSR count). The number of benzene rings is 1. The van der Waals surface area contributed by atoms with E-state index in [-0.39, 0.29) is 5.75 Å². The number of rotatable bonds is 3. The second-order valence-electron chi connectivity index (χ2n) is 3.74. The van der Waals surface area contributed by atoms with Crippen molar-refractivity contribution in [3.8, 4) is 11.5 Å². The highest BCUT2D eigenvalue weighted by atomic mass is 16.5. The minimum Gasteiger partial charge on any atom is -0.504 e. The SMILES string of the molecule is COc1ccc(N=Nc2cccc(O)c(=O)c2)cc1. The summed E-state index contributed by atoms with van der Waals surface area (Å²) in [6, 6.07) is 12.7. The Morgan fingerprint density at radius 1 is 1.00 bits per heavy atom. The van der Waals surface area contributed by atoms with Crippen LogP contribution < -0.4 is 10.2 Å². The first kappa shape index (κ1) is 12.8. The predicted molar refractivity (Wildman–Crippen MR) is 71.5 cm³/mol. The summed E-state index contributed by atoms with van der Waals surface area (Å²) in [6.45, 7) is 0. The minimum atomic E-state index is -0.492. The van der Waals surface area contributed by atoms with Crippen LogP contribution in [-0.4, -0.2) is 12.2 Å². The lowest BCUT2D eigenvalue weighted by molar-refractivity contribution is 0.415. The van der Waals surface area contributed by atoms with Gasteiger partial charge in [0, 0.05) is 6.07 Å². The topological polar surface area (TPSA) is 71.2 Å². The Labute approximate surface area is 109 Å². The van der Waals surface area contributed by atoms with E-state index in [0.29, 0.717) is 11.4 Å². The monoisotopic (exact) mass is 256 g/mol. The van der Waals surface area contributed by atoms with Gasteiger partial charge in [0.2, 0.25) is 5.43 Å². The van der Waals surface area contributed by atoms with Gasteiger partial charge < -0.3 is 9.84 Å². The molecule has 0 heterocycles. The van der Waals surface area contributed by atoms with Gasteiger partial charge in [-0.2, -0.15) is 10.2 Å². The summed E-state index contributed by atoms with van der Waals surface area (Å²) in [5, 5.41) is 17.2. The fourth-order valence-electron chi connectivity index (χ4n) is 1.40. The van der Waals surface area contributed by atoms with Crippen LogP contribution in [0.3, 0.4) is 0 Å². The van der Waals surface area contributed by atoms with Gasteiger partial charge in [-0.1, -0.05) is 6.07 Å². The van der Waals surface area contributed by atoms with Crippen molar-refractivity contribution in [1.82, 2.24) is 0 Å². The standard InChI is InChI=1S/C14H12N2O3/c1-19-12-7-5-10(6-8-12)15-16-11-3-2-4-13(17)14(18)9-11/h2-9H,1H3,(H,17,18). The van der Waals surface area contributed by atoms with Gasteiger partial charge >= 0.3 is 0 Å². The number of nitrogens with zero attached hydrogens (tertiary/aromatic N) is 2. The van der Waals surface area contributed by atoms with E-state index < -0.39 is 5.43 Å². The first-order valence-electron chi connectivity index (χ1n) is 5.58. The van der Waals surface area contributed by atoms with Crippen molar-refractivity contribution in [2.24, 2.45) is 10.2 Å². The maximum atomic E-state index is 11.4. The Bertz CT molecular complexity index is 652. The van der Waals surface area contributed by atoms with Gasteiger partial charge in [0.05, 0.1) is 18.5 Å². The molecule has 0 aliphatic heterocycles.